The van der Waals surface area contributed by atoms with Gasteiger partial charge in [0.05, 0.1) is 11.2 Å². The lowest BCUT2D eigenvalue weighted by molar-refractivity contribution is 1.38. The first-order valence-electron chi connectivity index (χ1n) is 8.24. The second-order valence-electron chi connectivity index (χ2n) is 6.35. The van der Waals surface area contributed by atoms with Crippen LogP contribution in [0.4, 0.5) is 0 Å². The van der Waals surface area contributed by atoms with Crippen molar-refractivity contribution in [3.63, 3.8) is 0 Å². The summed E-state index contributed by atoms with van der Waals surface area (Å²) in [5.74, 6) is 0. The highest BCUT2D eigenvalue weighted by Crippen LogP contribution is 2.28. The lowest BCUT2D eigenvalue weighted by Crippen LogP contribution is -1.87. The first-order chi connectivity index (χ1) is 11.7. The zero-order chi connectivity index (χ0) is 16.5. The fourth-order valence-corrected chi connectivity index (χ4v) is 3.23. The molecule has 0 aliphatic carbocycles. The van der Waals surface area contributed by atoms with E-state index >= 15 is 0 Å². The molecule has 0 saturated carbocycles. The molecule has 1 nitrogen and oxygen atoms in total. The van der Waals surface area contributed by atoms with Crippen LogP contribution in [0.1, 0.15) is 11.1 Å². The van der Waals surface area contributed by atoms with Gasteiger partial charge in [-0.15, -0.1) is 0 Å². The number of benzene rings is 3. The van der Waals surface area contributed by atoms with Crippen LogP contribution in [0.15, 0.2) is 78.9 Å². The maximum absolute atomic E-state index is 4.82. The molecule has 1 heterocycles. The van der Waals surface area contributed by atoms with Crippen LogP contribution >= 0.6 is 0 Å². The van der Waals surface area contributed by atoms with Crippen molar-refractivity contribution in [1.82, 2.24) is 4.98 Å². The maximum Gasteiger partial charge on any atom is 0.0709 e. The molecular formula is C23H19N. The standard InChI is InChI=1S/C23H19N/c1-16-12-17(2)14-21(13-16)19-7-5-8-20(15-19)23-11-10-18-6-3-4-9-22(18)24-23/h3-15H,1-2H3. The predicted molar refractivity (Wildman–Crippen MR) is 102 cm³/mol. The number of hydrogen-bond acceptors (Lipinski definition) is 1. The van der Waals surface area contributed by atoms with Crippen LogP contribution < -0.4 is 0 Å². The van der Waals surface area contributed by atoms with E-state index in [0.29, 0.717) is 0 Å². The van der Waals surface area contributed by atoms with E-state index in [-0.39, 0.29) is 0 Å². The van der Waals surface area contributed by atoms with Gasteiger partial charge in [-0.25, -0.2) is 4.98 Å². The van der Waals surface area contributed by atoms with Crippen LogP contribution in [0, 0.1) is 13.8 Å². The number of aromatic nitrogens is 1. The van der Waals surface area contributed by atoms with Gasteiger partial charge in [0.1, 0.15) is 0 Å². The van der Waals surface area contributed by atoms with Gasteiger partial charge in [-0.1, -0.05) is 71.8 Å². The molecule has 0 aliphatic rings. The molecule has 0 unspecified atom stereocenters. The van der Waals surface area contributed by atoms with E-state index in [9.17, 15) is 0 Å². The number of rotatable bonds is 2. The topological polar surface area (TPSA) is 12.9 Å². The van der Waals surface area contributed by atoms with E-state index < -0.39 is 0 Å². The van der Waals surface area contributed by atoms with Gasteiger partial charge in [0.2, 0.25) is 0 Å². The number of nitrogens with zero attached hydrogens (tertiary/aromatic N) is 1. The van der Waals surface area contributed by atoms with Crippen LogP contribution in [0.5, 0.6) is 0 Å². The van der Waals surface area contributed by atoms with Gasteiger partial charge in [0.15, 0.2) is 0 Å². The summed E-state index contributed by atoms with van der Waals surface area (Å²) in [5, 5.41) is 1.17. The van der Waals surface area contributed by atoms with Gasteiger partial charge in [0, 0.05) is 10.9 Å². The molecular weight excluding hydrogens is 290 g/mol. The Morgan fingerprint density at radius 1 is 0.583 bits per heavy atom. The second-order valence-corrected chi connectivity index (χ2v) is 6.35. The molecule has 0 amide bonds. The Bertz CT molecular complexity index is 1010. The van der Waals surface area contributed by atoms with Gasteiger partial charge >= 0.3 is 0 Å². The fourth-order valence-electron chi connectivity index (χ4n) is 3.23. The number of hydrogen-bond donors (Lipinski definition) is 0. The van der Waals surface area contributed by atoms with Crippen molar-refractivity contribution in [2.24, 2.45) is 0 Å². The average Bonchev–Trinajstić information content (AvgIpc) is 2.60. The molecule has 116 valence electrons. The Labute approximate surface area is 142 Å². The van der Waals surface area contributed by atoms with Crippen LogP contribution in [-0.4, -0.2) is 4.98 Å². The molecule has 4 rings (SSSR count). The molecule has 0 radical (unpaired) electrons. The van der Waals surface area contributed by atoms with Crippen molar-refractivity contribution in [2.45, 2.75) is 13.8 Å². The number of pyridine rings is 1. The highest BCUT2D eigenvalue weighted by molar-refractivity contribution is 5.82. The molecule has 1 heteroatoms. The van der Waals surface area contributed by atoms with E-state index in [0.717, 1.165) is 16.8 Å². The fraction of sp³-hybridized carbons (Fsp3) is 0.0870. The first-order valence-corrected chi connectivity index (χ1v) is 8.24. The molecule has 0 atom stereocenters. The molecule has 0 spiro atoms. The molecule has 1 aromatic heterocycles. The van der Waals surface area contributed by atoms with E-state index in [4.69, 9.17) is 4.98 Å². The van der Waals surface area contributed by atoms with Crippen molar-refractivity contribution in [1.29, 1.82) is 0 Å². The summed E-state index contributed by atoms with van der Waals surface area (Å²) >= 11 is 0. The quantitative estimate of drug-likeness (QED) is 0.430. The van der Waals surface area contributed by atoms with Crippen molar-refractivity contribution in [3.05, 3.63) is 90.0 Å². The van der Waals surface area contributed by atoms with Gasteiger partial charge < -0.3 is 0 Å². The normalized spacial score (nSPS) is 10.9. The Balaban J connectivity index is 1.81. The minimum Gasteiger partial charge on any atom is -0.248 e. The molecule has 4 aromatic rings. The van der Waals surface area contributed by atoms with Crippen molar-refractivity contribution in [2.75, 3.05) is 0 Å². The zero-order valence-corrected chi connectivity index (χ0v) is 14.0. The molecule has 0 aliphatic heterocycles. The minimum atomic E-state index is 1.01. The first kappa shape index (κ1) is 14.6. The van der Waals surface area contributed by atoms with Crippen molar-refractivity contribution >= 4 is 10.9 Å². The van der Waals surface area contributed by atoms with Crippen LogP contribution in [0.2, 0.25) is 0 Å². The van der Waals surface area contributed by atoms with Crippen molar-refractivity contribution < 1.29 is 0 Å². The third kappa shape index (κ3) is 2.81. The highest BCUT2D eigenvalue weighted by Gasteiger charge is 2.05. The van der Waals surface area contributed by atoms with Gasteiger partial charge in [0.25, 0.3) is 0 Å². The smallest absolute Gasteiger partial charge is 0.0709 e. The molecule has 3 aromatic carbocycles. The predicted octanol–water partition coefficient (Wildman–Crippen LogP) is 6.19. The molecule has 0 bridgehead atoms. The van der Waals surface area contributed by atoms with Gasteiger partial charge in [-0.3, -0.25) is 0 Å². The number of para-hydroxylation sites is 1. The minimum absolute atomic E-state index is 1.01. The van der Waals surface area contributed by atoms with Crippen LogP contribution in [0.25, 0.3) is 33.3 Å². The van der Waals surface area contributed by atoms with Gasteiger partial charge in [-0.2, -0.15) is 0 Å². The van der Waals surface area contributed by atoms with E-state index in [1.54, 1.807) is 0 Å². The summed E-state index contributed by atoms with van der Waals surface area (Å²) in [6.45, 7) is 4.29. The SMILES string of the molecule is Cc1cc(C)cc(-c2cccc(-c3ccc4ccccc4n3)c2)c1. The Hall–Kier alpha value is -2.93. The number of aryl methyl sites for hydroxylation is 2. The Morgan fingerprint density at radius 3 is 2.17 bits per heavy atom. The molecule has 0 fully saturated rings. The summed E-state index contributed by atoms with van der Waals surface area (Å²) in [4.78, 5) is 4.82. The van der Waals surface area contributed by atoms with E-state index in [1.165, 1.54) is 27.6 Å². The monoisotopic (exact) mass is 309 g/mol. The molecule has 24 heavy (non-hydrogen) atoms. The third-order valence-corrected chi connectivity index (χ3v) is 4.31. The molecule has 0 saturated heterocycles. The maximum atomic E-state index is 4.82. The second kappa shape index (κ2) is 5.93. The highest BCUT2D eigenvalue weighted by atomic mass is 14.7. The lowest BCUT2D eigenvalue weighted by Gasteiger charge is -2.08. The summed E-state index contributed by atoms with van der Waals surface area (Å²) in [7, 11) is 0. The number of fused-ring (bicyclic) bond motifs is 1. The summed E-state index contributed by atoms with van der Waals surface area (Å²) < 4.78 is 0. The van der Waals surface area contributed by atoms with Crippen LogP contribution in [-0.2, 0) is 0 Å². The largest absolute Gasteiger partial charge is 0.248 e. The van der Waals surface area contributed by atoms with E-state index in [2.05, 4.69) is 80.6 Å². The van der Waals surface area contributed by atoms with Crippen LogP contribution in [0.3, 0.4) is 0 Å². The van der Waals surface area contributed by atoms with Crippen molar-refractivity contribution in [3.8, 4) is 22.4 Å². The molecule has 0 N–H and O–H groups in total. The summed E-state index contributed by atoms with van der Waals surface area (Å²) in [5.41, 5.74) is 8.27. The third-order valence-electron chi connectivity index (χ3n) is 4.31. The summed E-state index contributed by atoms with van der Waals surface area (Å²) in [6, 6.07) is 27.8. The average molecular weight is 309 g/mol. The van der Waals surface area contributed by atoms with E-state index in [1.807, 2.05) is 12.1 Å². The van der Waals surface area contributed by atoms with Gasteiger partial charge in [-0.05, 0) is 43.2 Å². The zero-order valence-electron chi connectivity index (χ0n) is 14.0. The Morgan fingerprint density at radius 2 is 1.33 bits per heavy atom. The lowest BCUT2D eigenvalue weighted by atomic mass is 9.98. The summed E-state index contributed by atoms with van der Waals surface area (Å²) in [6.07, 6.45) is 0. The Kier molecular flexibility index (Phi) is 3.62.